The zero-order chi connectivity index (χ0) is 26.7. The largest absolute Gasteiger partial charge is 0.383 e. The van der Waals surface area contributed by atoms with Crippen LogP contribution in [0.1, 0.15) is 44.0 Å². The van der Waals surface area contributed by atoms with Crippen LogP contribution in [0.4, 0.5) is 15.9 Å². The van der Waals surface area contributed by atoms with E-state index in [4.69, 9.17) is 5.73 Å². The van der Waals surface area contributed by atoms with Crippen molar-refractivity contribution in [1.29, 1.82) is 0 Å². The lowest BCUT2D eigenvalue weighted by molar-refractivity contribution is 0.0987. The summed E-state index contributed by atoms with van der Waals surface area (Å²) in [6.45, 7) is 6.35. The maximum Gasteiger partial charge on any atom is 0.330 e. The van der Waals surface area contributed by atoms with Gasteiger partial charge in [-0.15, -0.1) is 0 Å². The number of H-pyrrole nitrogens is 1. The lowest BCUT2D eigenvalue weighted by Gasteiger charge is -2.25. The van der Waals surface area contributed by atoms with Crippen LogP contribution in [0.25, 0.3) is 22.2 Å². The Morgan fingerprint density at radius 1 is 1.14 bits per heavy atom. The second kappa shape index (κ2) is 10.8. The molecule has 2 heterocycles. The number of anilines is 2. The molecule has 8 nitrogen and oxygen atoms in total. The van der Waals surface area contributed by atoms with Crippen molar-refractivity contribution in [2.24, 2.45) is 5.92 Å². The average Bonchev–Trinajstić information content (AvgIpc) is 2.87. The van der Waals surface area contributed by atoms with E-state index >= 15 is 0 Å². The molecule has 0 spiro atoms. The molecular formula is C28H30FN5O3. The average molecular weight is 504 g/mol. The zero-order valence-electron chi connectivity index (χ0n) is 21.1. The van der Waals surface area contributed by atoms with E-state index in [0.717, 1.165) is 6.42 Å². The van der Waals surface area contributed by atoms with Crippen molar-refractivity contribution in [1.82, 2.24) is 14.5 Å². The van der Waals surface area contributed by atoms with Crippen LogP contribution in [-0.4, -0.2) is 27.0 Å². The molecule has 0 unspecified atom stereocenters. The van der Waals surface area contributed by atoms with Crippen molar-refractivity contribution in [2.75, 3.05) is 17.2 Å². The highest BCUT2D eigenvalue weighted by Gasteiger charge is 2.27. The standard InChI is InChI=1S/C28H30FN5O3/c1-4-5-14-33(24-25(30)34(16-17(2)3)28(37)32-26(24)35)27(36)21-15-23(18-10-12-19(29)13-11-18)31-22-9-7-6-8-20(21)22/h6-13,15,17H,4-5,14,16,30H2,1-3H3,(H,32,35,37). The fraction of sp³-hybridized carbons (Fsp3) is 0.286. The third kappa shape index (κ3) is 5.30. The summed E-state index contributed by atoms with van der Waals surface area (Å²) in [5.74, 6) is -0.787. The van der Waals surface area contributed by atoms with E-state index in [9.17, 15) is 18.8 Å². The van der Waals surface area contributed by atoms with Crippen molar-refractivity contribution >= 4 is 28.3 Å². The number of benzene rings is 2. The van der Waals surface area contributed by atoms with Gasteiger partial charge in [-0.2, -0.15) is 0 Å². The van der Waals surface area contributed by atoms with Crippen LogP contribution in [-0.2, 0) is 6.54 Å². The molecule has 0 fully saturated rings. The van der Waals surface area contributed by atoms with E-state index in [-0.39, 0.29) is 36.3 Å². The van der Waals surface area contributed by atoms with Crippen LogP contribution in [0, 0.1) is 11.7 Å². The molecule has 2 aromatic carbocycles. The fourth-order valence-corrected chi connectivity index (χ4v) is 4.28. The molecule has 192 valence electrons. The lowest BCUT2D eigenvalue weighted by Crippen LogP contribution is -2.42. The summed E-state index contributed by atoms with van der Waals surface area (Å²) in [7, 11) is 0. The number of carbonyl (C=O) groups is 1. The van der Waals surface area contributed by atoms with Crippen LogP contribution >= 0.6 is 0 Å². The number of unbranched alkanes of at least 4 members (excludes halogenated alkanes) is 1. The number of rotatable bonds is 8. The first kappa shape index (κ1) is 25.8. The number of halogens is 1. The predicted octanol–water partition coefficient (Wildman–Crippen LogP) is 4.58. The number of nitrogens with two attached hydrogens (primary N) is 1. The topological polar surface area (TPSA) is 114 Å². The fourth-order valence-electron chi connectivity index (χ4n) is 4.28. The first-order chi connectivity index (χ1) is 17.7. The lowest BCUT2D eigenvalue weighted by atomic mass is 10.0. The third-order valence-corrected chi connectivity index (χ3v) is 6.10. The molecule has 4 rings (SSSR count). The minimum atomic E-state index is -0.718. The van der Waals surface area contributed by atoms with Gasteiger partial charge in [0.15, 0.2) is 5.69 Å². The zero-order valence-corrected chi connectivity index (χ0v) is 21.1. The van der Waals surface area contributed by atoms with E-state index in [0.29, 0.717) is 34.1 Å². The molecule has 0 saturated heterocycles. The SMILES string of the molecule is CCCCN(C(=O)c1cc(-c2ccc(F)cc2)nc2ccccc12)c1c(N)n(CC(C)C)c(=O)[nH]c1=O. The Labute approximate surface area is 213 Å². The van der Waals surface area contributed by atoms with Crippen LogP contribution in [0.3, 0.4) is 0 Å². The van der Waals surface area contributed by atoms with Gasteiger partial charge < -0.3 is 10.6 Å². The molecule has 0 radical (unpaired) electrons. The maximum absolute atomic E-state index is 14.2. The number of hydrogen-bond donors (Lipinski definition) is 2. The van der Waals surface area contributed by atoms with Gasteiger partial charge in [0.05, 0.1) is 16.8 Å². The normalized spacial score (nSPS) is 11.3. The number of aromatic amines is 1. The number of carbonyl (C=O) groups excluding carboxylic acids is 1. The molecule has 0 aliphatic carbocycles. The number of pyridine rings is 1. The molecule has 0 aliphatic heterocycles. The second-order valence-electron chi connectivity index (χ2n) is 9.39. The number of fused-ring (bicyclic) bond motifs is 1. The molecule has 0 bridgehead atoms. The van der Waals surface area contributed by atoms with Gasteiger partial charge in [0.25, 0.3) is 11.5 Å². The number of nitrogen functional groups attached to an aromatic ring is 1. The highest BCUT2D eigenvalue weighted by atomic mass is 19.1. The summed E-state index contributed by atoms with van der Waals surface area (Å²) in [6.07, 6.45) is 1.38. The number of nitrogens with one attached hydrogen (secondary N) is 1. The maximum atomic E-state index is 14.2. The molecule has 0 aliphatic rings. The molecule has 4 aromatic rings. The summed E-state index contributed by atoms with van der Waals surface area (Å²) >= 11 is 0. The van der Waals surface area contributed by atoms with Crippen LogP contribution in [0.5, 0.6) is 0 Å². The van der Waals surface area contributed by atoms with Gasteiger partial charge in [-0.05, 0) is 48.7 Å². The molecule has 37 heavy (non-hydrogen) atoms. The van der Waals surface area contributed by atoms with Crippen molar-refractivity contribution < 1.29 is 9.18 Å². The van der Waals surface area contributed by atoms with E-state index in [1.54, 1.807) is 36.4 Å². The van der Waals surface area contributed by atoms with Gasteiger partial charge >= 0.3 is 5.69 Å². The van der Waals surface area contributed by atoms with E-state index in [2.05, 4.69) is 9.97 Å². The van der Waals surface area contributed by atoms with Crippen molar-refractivity contribution in [3.63, 3.8) is 0 Å². The minimum absolute atomic E-state index is 0.0518. The Bertz CT molecular complexity index is 1560. The first-order valence-corrected chi connectivity index (χ1v) is 12.3. The number of hydrogen-bond acceptors (Lipinski definition) is 5. The molecule has 2 aromatic heterocycles. The third-order valence-electron chi connectivity index (χ3n) is 6.10. The summed E-state index contributed by atoms with van der Waals surface area (Å²) in [5.41, 5.74) is 7.02. The number of para-hydroxylation sites is 1. The Balaban J connectivity index is 1.93. The molecule has 0 atom stereocenters. The molecular weight excluding hydrogens is 473 g/mol. The first-order valence-electron chi connectivity index (χ1n) is 12.3. The minimum Gasteiger partial charge on any atom is -0.383 e. The Kier molecular flexibility index (Phi) is 7.52. The monoisotopic (exact) mass is 503 g/mol. The molecule has 9 heteroatoms. The van der Waals surface area contributed by atoms with Gasteiger partial charge in [-0.3, -0.25) is 19.1 Å². The summed E-state index contributed by atoms with van der Waals surface area (Å²) in [6, 6.07) is 14.7. The number of nitrogens with zero attached hydrogens (tertiary/aromatic N) is 3. The van der Waals surface area contributed by atoms with E-state index in [1.807, 2.05) is 26.8 Å². The van der Waals surface area contributed by atoms with Gasteiger partial charge in [-0.1, -0.05) is 45.4 Å². The van der Waals surface area contributed by atoms with Crippen molar-refractivity contribution in [2.45, 2.75) is 40.2 Å². The van der Waals surface area contributed by atoms with Gasteiger partial charge in [0.2, 0.25) is 0 Å². The summed E-state index contributed by atoms with van der Waals surface area (Å²) < 4.78 is 14.8. The van der Waals surface area contributed by atoms with Crippen molar-refractivity contribution in [3.05, 3.63) is 86.8 Å². The number of aromatic nitrogens is 3. The van der Waals surface area contributed by atoms with Crippen LogP contribution in [0.2, 0.25) is 0 Å². The van der Waals surface area contributed by atoms with Crippen molar-refractivity contribution in [3.8, 4) is 11.3 Å². The quantitative estimate of drug-likeness (QED) is 0.365. The smallest absolute Gasteiger partial charge is 0.330 e. The summed E-state index contributed by atoms with van der Waals surface area (Å²) in [4.78, 5) is 48.1. The molecule has 3 N–H and O–H groups in total. The van der Waals surface area contributed by atoms with Gasteiger partial charge in [-0.25, -0.2) is 14.2 Å². The highest BCUT2D eigenvalue weighted by molar-refractivity contribution is 6.14. The van der Waals surface area contributed by atoms with Crippen LogP contribution < -0.4 is 21.9 Å². The Hall–Kier alpha value is -4.27. The highest BCUT2D eigenvalue weighted by Crippen LogP contribution is 2.28. The number of amides is 1. The predicted molar refractivity (Wildman–Crippen MR) is 144 cm³/mol. The van der Waals surface area contributed by atoms with Crippen LogP contribution in [0.15, 0.2) is 64.2 Å². The second-order valence-corrected chi connectivity index (χ2v) is 9.39. The van der Waals surface area contributed by atoms with E-state index < -0.39 is 17.2 Å². The van der Waals surface area contributed by atoms with Gasteiger partial charge in [0.1, 0.15) is 11.6 Å². The molecule has 0 saturated carbocycles. The molecule has 1 amide bonds. The summed E-state index contributed by atoms with van der Waals surface area (Å²) in [5, 5.41) is 0.602. The Morgan fingerprint density at radius 3 is 2.51 bits per heavy atom. The Morgan fingerprint density at radius 2 is 1.84 bits per heavy atom. The van der Waals surface area contributed by atoms with E-state index in [1.165, 1.54) is 21.6 Å². The van der Waals surface area contributed by atoms with Gasteiger partial charge in [0, 0.05) is 24.0 Å².